The average molecular weight is 249 g/mol. The van der Waals surface area contributed by atoms with E-state index in [1.54, 1.807) is 0 Å². The molecule has 1 heterocycles. The van der Waals surface area contributed by atoms with Gasteiger partial charge in [0.15, 0.2) is 10.7 Å². The van der Waals surface area contributed by atoms with Crippen molar-refractivity contribution in [3.8, 4) is 0 Å². The van der Waals surface area contributed by atoms with Crippen molar-refractivity contribution in [2.24, 2.45) is 11.8 Å². The second-order valence-corrected chi connectivity index (χ2v) is 5.35. The first-order valence-corrected chi connectivity index (χ1v) is 6.64. The maximum absolute atomic E-state index is 10.7. The third kappa shape index (κ3) is 2.46. The Bertz CT molecular complexity index is 334. The van der Waals surface area contributed by atoms with Crippen molar-refractivity contribution in [1.82, 2.24) is 4.90 Å². The van der Waals surface area contributed by atoms with E-state index in [2.05, 4.69) is 0 Å². The second kappa shape index (κ2) is 4.58. The topological polar surface area (TPSA) is 83.9 Å². The Kier molecular flexibility index (Phi) is 3.34. The molecule has 2 rings (SSSR count). The highest BCUT2D eigenvalue weighted by molar-refractivity contribution is 7.72. The fourth-order valence-electron chi connectivity index (χ4n) is 2.70. The third-order valence-corrected chi connectivity index (χ3v) is 3.75. The fourth-order valence-corrected chi connectivity index (χ4v) is 3.04. The van der Waals surface area contributed by atoms with E-state index in [1.807, 2.05) is 0 Å². The number of carbonyl (C=O) groups is 1. The number of carboxylic acid groups (broad SMARTS) is 1. The van der Waals surface area contributed by atoms with Crippen LogP contribution < -0.4 is 0 Å². The van der Waals surface area contributed by atoms with Crippen molar-refractivity contribution in [1.29, 1.82) is 0 Å². The maximum atomic E-state index is 10.7. The van der Waals surface area contributed by atoms with Crippen LogP contribution in [0.1, 0.15) is 12.8 Å². The van der Waals surface area contributed by atoms with Crippen molar-refractivity contribution in [3.05, 3.63) is 0 Å². The van der Waals surface area contributed by atoms with Gasteiger partial charge in [-0.25, -0.2) is 13.2 Å². The predicted octanol–water partition coefficient (Wildman–Crippen LogP) is -0.0397. The van der Waals surface area contributed by atoms with E-state index in [1.165, 1.54) is 4.90 Å². The zero-order valence-corrected chi connectivity index (χ0v) is 9.64. The molecule has 92 valence electrons. The fraction of sp³-hybridized carbons (Fsp3) is 0.889. The minimum atomic E-state index is -2.48. The molecule has 7 heteroatoms. The summed E-state index contributed by atoms with van der Waals surface area (Å²) >= 11 is 0. The van der Waals surface area contributed by atoms with Crippen LogP contribution in [-0.2, 0) is 15.4 Å². The highest BCUT2D eigenvalue weighted by Gasteiger charge is 2.42. The Balaban J connectivity index is 1.82. The molecule has 0 spiro atoms. The molecule has 1 saturated carbocycles. The summed E-state index contributed by atoms with van der Waals surface area (Å²) in [5, 5.41) is 8.83. The molecule has 1 unspecified atom stereocenters. The van der Waals surface area contributed by atoms with Gasteiger partial charge < -0.3 is 14.7 Å². The Labute approximate surface area is 95.1 Å². The van der Waals surface area contributed by atoms with Crippen LogP contribution in [0, 0.1) is 11.8 Å². The van der Waals surface area contributed by atoms with Crippen LogP contribution in [0.4, 0.5) is 4.79 Å². The van der Waals surface area contributed by atoms with E-state index < -0.39 is 16.8 Å². The standard InChI is InChI=1S/C9H15NO5S/c11-9(12)10-3-6-1-8(2-7(6)4-10)15-5-16(13)14/h6-8,16H,1-5H2,(H,11,12)/t6-,7+,8?. The molecule has 1 aliphatic heterocycles. The van der Waals surface area contributed by atoms with E-state index in [9.17, 15) is 13.2 Å². The zero-order valence-electron chi connectivity index (χ0n) is 8.74. The van der Waals surface area contributed by atoms with Gasteiger partial charge in [0.1, 0.15) is 5.94 Å². The van der Waals surface area contributed by atoms with Gasteiger partial charge in [-0.1, -0.05) is 0 Å². The van der Waals surface area contributed by atoms with Gasteiger partial charge in [-0.2, -0.15) is 0 Å². The molecule has 6 nitrogen and oxygen atoms in total. The first kappa shape index (κ1) is 11.7. The molecule has 2 fully saturated rings. The number of ether oxygens (including phenoxy) is 1. The van der Waals surface area contributed by atoms with Crippen LogP contribution in [0.5, 0.6) is 0 Å². The molecule has 2 aliphatic rings. The first-order chi connectivity index (χ1) is 7.56. The Morgan fingerprint density at radius 1 is 1.31 bits per heavy atom. The quantitative estimate of drug-likeness (QED) is 0.686. The lowest BCUT2D eigenvalue weighted by Gasteiger charge is -2.15. The summed E-state index contributed by atoms with van der Waals surface area (Å²) in [4.78, 5) is 12.2. The number of likely N-dealkylation sites (tertiary alicyclic amines) is 1. The summed E-state index contributed by atoms with van der Waals surface area (Å²) in [6.07, 6.45) is 0.670. The Morgan fingerprint density at radius 2 is 1.88 bits per heavy atom. The SMILES string of the molecule is O=C(O)N1C[C@H]2CC(OC[SH](=O)=O)C[C@H]2C1. The molecule has 1 N–H and O–H groups in total. The Hall–Kier alpha value is -0.820. The van der Waals surface area contributed by atoms with Gasteiger partial charge in [0.2, 0.25) is 0 Å². The first-order valence-electron chi connectivity index (χ1n) is 5.27. The van der Waals surface area contributed by atoms with Gasteiger partial charge in [-0.15, -0.1) is 0 Å². The van der Waals surface area contributed by atoms with E-state index in [-0.39, 0.29) is 12.0 Å². The van der Waals surface area contributed by atoms with Gasteiger partial charge in [0.25, 0.3) is 0 Å². The number of thiol groups is 1. The van der Waals surface area contributed by atoms with Crippen LogP contribution in [0.25, 0.3) is 0 Å². The van der Waals surface area contributed by atoms with Crippen molar-refractivity contribution >= 4 is 16.8 Å². The monoisotopic (exact) mass is 249 g/mol. The lowest BCUT2D eigenvalue weighted by atomic mass is 10.0. The molecule has 0 aromatic carbocycles. The van der Waals surface area contributed by atoms with Crippen LogP contribution in [-0.4, -0.2) is 49.6 Å². The van der Waals surface area contributed by atoms with E-state index in [0.29, 0.717) is 24.9 Å². The normalized spacial score (nSPS) is 33.3. The summed E-state index contributed by atoms with van der Waals surface area (Å²) in [6.45, 7) is 1.12. The van der Waals surface area contributed by atoms with Crippen LogP contribution in [0.2, 0.25) is 0 Å². The summed E-state index contributed by atoms with van der Waals surface area (Å²) in [5.74, 6) is 0.457. The number of amides is 1. The zero-order chi connectivity index (χ0) is 11.7. The highest BCUT2D eigenvalue weighted by atomic mass is 32.2. The van der Waals surface area contributed by atoms with Crippen molar-refractivity contribution in [3.63, 3.8) is 0 Å². The number of hydrogen-bond donors (Lipinski definition) is 2. The molecular weight excluding hydrogens is 234 g/mol. The number of fused-ring (bicyclic) bond motifs is 1. The minimum absolute atomic E-state index is 0.0150. The van der Waals surface area contributed by atoms with Gasteiger partial charge in [0, 0.05) is 13.1 Å². The van der Waals surface area contributed by atoms with Gasteiger partial charge in [-0.05, 0) is 24.7 Å². The summed E-state index contributed by atoms with van der Waals surface area (Å²) in [6, 6.07) is 0. The van der Waals surface area contributed by atoms with Gasteiger partial charge in [-0.3, -0.25) is 0 Å². The molecule has 0 aromatic heterocycles. The molecule has 1 aliphatic carbocycles. The predicted molar refractivity (Wildman–Crippen MR) is 55.9 cm³/mol. The Morgan fingerprint density at radius 3 is 2.31 bits per heavy atom. The van der Waals surface area contributed by atoms with Crippen molar-refractivity contribution in [2.45, 2.75) is 18.9 Å². The summed E-state index contributed by atoms with van der Waals surface area (Å²) < 4.78 is 26.0. The van der Waals surface area contributed by atoms with Gasteiger partial charge >= 0.3 is 6.09 Å². The molecule has 1 saturated heterocycles. The van der Waals surface area contributed by atoms with Crippen molar-refractivity contribution in [2.75, 3.05) is 19.0 Å². The third-order valence-electron chi connectivity index (χ3n) is 3.39. The van der Waals surface area contributed by atoms with Crippen LogP contribution in [0.3, 0.4) is 0 Å². The minimum Gasteiger partial charge on any atom is -0.465 e. The molecule has 0 bridgehead atoms. The maximum Gasteiger partial charge on any atom is 0.407 e. The largest absolute Gasteiger partial charge is 0.465 e. The molecule has 1 amide bonds. The second-order valence-electron chi connectivity index (χ2n) is 4.43. The van der Waals surface area contributed by atoms with E-state index in [0.717, 1.165) is 12.8 Å². The van der Waals surface area contributed by atoms with E-state index in [4.69, 9.17) is 9.84 Å². The molecular formula is C9H15NO5S. The molecule has 16 heavy (non-hydrogen) atoms. The number of hydrogen-bond acceptors (Lipinski definition) is 4. The molecule has 3 atom stereocenters. The van der Waals surface area contributed by atoms with Crippen LogP contribution in [0.15, 0.2) is 0 Å². The molecule has 0 aromatic rings. The smallest absolute Gasteiger partial charge is 0.407 e. The van der Waals surface area contributed by atoms with Crippen molar-refractivity contribution < 1.29 is 23.1 Å². The van der Waals surface area contributed by atoms with Gasteiger partial charge in [0.05, 0.1) is 6.10 Å². The lowest BCUT2D eigenvalue weighted by molar-refractivity contribution is 0.0815. The lowest BCUT2D eigenvalue weighted by Crippen LogP contribution is -2.28. The van der Waals surface area contributed by atoms with E-state index >= 15 is 0 Å². The average Bonchev–Trinajstić information content (AvgIpc) is 2.70. The summed E-state index contributed by atoms with van der Waals surface area (Å²) in [7, 11) is -2.48. The number of rotatable bonds is 3. The highest BCUT2D eigenvalue weighted by Crippen LogP contribution is 2.39. The number of nitrogens with zero attached hydrogens (tertiary/aromatic N) is 1. The molecule has 0 radical (unpaired) electrons. The van der Waals surface area contributed by atoms with Crippen LogP contribution >= 0.6 is 0 Å². The summed E-state index contributed by atoms with van der Waals surface area (Å²) in [5.41, 5.74) is 0.